The predicted molar refractivity (Wildman–Crippen MR) is 238 cm³/mol. The zero-order chi connectivity index (χ0) is 44.7. The highest BCUT2D eigenvalue weighted by molar-refractivity contribution is 6.00. The second-order valence-electron chi connectivity index (χ2n) is 15.9. The predicted octanol–water partition coefficient (Wildman–Crippen LogP) is 4.76. The summed E-state index contributed by atoms with van der Waals surface area (Å²) in [6.07, 6.45) is 6.82. The molecule has 330 valence electrons. The number of nitrogens with zero attached hydrogens (tertiary/aromatic N) is 8. The molecule has 4 aliphatic heterocycles. The Bertz CT molecular complexity index is 2670. The lowest BCUT2D eigenvalue weighted by atomic mass is 10.1. The normalized spacial score (nSPS) is 16.0. The van der Waals surface area contributed by atoms with E-state index in [0.717, 1.165) is 68.8 Å². The Morgan fingerprint density at radius 3 is 2.19 bits per heavy atom. The van der Waals surface area contributed by atoms with E-state index in [1.54, 1.807) is 35.1 Å². The van der Waals surface area contributed by atoms with Gasteiger partial charge >= 0.3 is 0 Å². The van der Waals surface area contributed by atoms with Gasteiger partial charge in [-0.15, -0.1) is 0 Å². The van der Waals surface area contributed by atoms with Gasteiger partial charge in [0.25, 0.3) is 11.8 Å². The minimum atomic E-state index is -0.297. The van der Waals surface area contributed by atoms with Crippen molar-refractivity contribution < 1.29 is 28.0 Å². The van der Waals surface area contributed by atoms with Gasteiger partial charge < -0.3 is 31.1 Å². The second-order valence-corrected chi connectivity index (χ2v) is 15.9. The van der Waals surface area contributed by atoms with Crippen molar-refractivity contribution in [2.45, 2.75) is 45.2 Å². The van der Waals surface area contributed by atoms with E-state index in [1.807, 2.05) is 36.4 Å². The van der Waals surface area contributed by atoms with Crippen LogP contribution in [0.15, 0.2) is 85.3 Å². The number of rotatable bonds is 7. The number of hydrogen-bond donors (Lipinski definition) is 4. The molecule has 0 atom stereocenters. The third-order valence-corrected chi connectivity index (χ3v) is 11.5. The van der Waals surface area contributed by atoms with Gasteiger partial charge in [-0.3, -0.25) is 29.5 Å². The number of benzene rings is 3. The van der Waals surface area contributed by atoms with Crippen LogP contribution in [0.5, 0.6) is 0 Å². The molecule has 0 spiro atoms. The SMILES string of the molecule is CN1CCN(c2cc3c(cc2F)C(=O)NC3)CC1.Nc1ncnc2c1c(-c1ccc(CNC(=O)c3ccccn3)cc1)nn2-c1ccc(N2CCCC2)c(F)c1.O=C1CCCC(=O)N1. The highest BCUT2D eigenvalue weighted by Crippen LogP contribution is 2.33. The molecule has 4 amide bonds. The molecule has 0 aliphatic carbocycles. The number of piperidine rings is 1. The molecule has 16 nitrogen and oxygen atoms in total. The highest BCUT2D eigenvalue weighted by Gasteiger charge is 2.25. The van der Waals surface area contributed by atoms with Gasteiger partial charge in [0.05, 0.1) is 22.4 Å². The number of nitrogens with one attached hydrogen (secondary N) is 3. The smallest absolute Gasteiger partial charge is 0.270 e. The van der Waals surface area contributed by atoms with Crippen molar-refractivity contribution in [3.63, 3.8) is 0 Å². The van der Waals surface area contributed by atoms with Gasteiger partial charge in [-0.1, -0.05) is 30.3 Å². The minimum absolute atomic E-state index is 0.138. The number of pyridine rings is 1. The number of fused-ring (bicyclic) bond motifs is 2. The fraction of sp³-hybridized carbons (Fsp3) is 0.304. The summed E-state index contributed by atoms with van der Waals surface area (Å²) in [5.74, 6) is -0.996. The van der Waals surface area contributed by atoms with Crippen molar-refractivity contribution >= 4 is 51.9 Å². The van der Waals surface area contributed by atoms with E-state index in [-0.39, 0.29) is 41.1 Å². The molecule has 10 rings (SSSR count). The first-order chi connectivity index (χ1) is 31.0. The molecule has 3 aromatic carbocycles. The number of anilines is 3. The Kier molecular flexibility index (Phi) is 13.1. The van der Waals surface area contributed by atoms with Crippen molar-refractivity contribution in [2.24, 2.45) is 0 Å². The molecule has 64 heavy (non-hydrogen) atoms. The van der Waals surface area contributed by atoms with Gasteiger partial charge in [-0.2, -0.15) is 5.10 Å². The maximum atomic E-state index is 15.1. The first kappa shape index (κ1) is 43.3. The van der Waals surface area contributed by atoms with Gasteiger partial charge in [0, 0.05) is 88.6 Å². The van der Waals surface area contributed by atoms with E-state index >= 15 is 4.39 Å². The number of amides is 4. The molecule has 3 saturated heterocycles. The summed E-state index contributed by atoms with van der Waals surface area (Å²) in [6.45, 7) is 6.10. The molecule has 0 unspecified atom stereocenters. The van der Waals surface area contributed by atoms with Crippen molar-refractivity contribution in [1.29, 1.82) is 0 Å². The lowest BCUT2D eigenvalue weighted by molar-refractivity contribution is -0.132. The molecule has 0 saturated carbocycles. The van der Waals surface area contributed by atoms with Gasteiger partial charge in [-0.25, -0.2) is 23.4 Å². The maximum Gasteiger partial charge on any atom is 0.270 e. The number of nitrogen functional groups attached to an aromatic ring is 1. The first-order valence-electron chi connectivity index (χ1n) is 21.2. The number of nitrogens with two attached hydrogens (primary N) is 1. The Morgan fingerprint density at radius 2 is 1.52 bits per heavy atom. The number of aromatic nitrogens is 5. The van der Waals surface area contributed by atoms with Gasteiger partial charge in [0.2, 0.25) is 11.8 Å². The number of halogens is 2. The zero-order valence-electron chi connectivity index (χ0n) is 35.3. The fourth-order valence-electron chi connectivity index (χ4n) is 7.96. The molecule has 0 bridgehead atoms. The lowest BCUT2D eigenvalue weighted by Crippen LogP contribution is -2.44. The summed E-state index contributed by atoms with van der Waals surface area (Å²) >= 11 is 0. The molecule has 3 aromatic heterocycles. The standard InChI is InChI=1S/C28H25FN8O.C13H16FN3O.C5H7NO2/c29-21-15-20(10-11-23(21)36-13-3-4-14-36)37-27-24(26(30)33-17-34-27)25(35-37)19-8-6-18(7-9-19)16-32-28(38)22-5-1-2-12-31-22;1-16-2-4-17(5-3-16)12-6-9-8-15-13(18)10(9)7-11(12)14;7-4-2-1-3-5(8)6-4/h1-2,5-12,15,17H,3-4,13-14,16H2,(H,32,38)(H2,30,33,34);6-7H,2-5,8H2,1H3,(H,15,18);1-3H2,(H,6,7,8). The molecule has 4 aliphatic rings. The van der Waals surface area contributed by atoms with E-state index in [2.05, 4.69) is 52.6 Å². The summed E-state index contributed by atoms with van der Waals surface area (Å²) < 4.78 is 30.8. The van der Waals surface area contributed by atoms with E-state index in [9.17, 15) is 23.6 Å². The van der Waals surface area contributed by atoms with E-state index < -0.39 is 0 Å². The molecule has 6 aromatic rings. The molecular weight excluding hydrogens is 823 g/mol. The van der Waals surface area contributed by atoms with Gasteiger partial charge in [0.15, 0.2) is 5.65 Å². The van der Waals surface area contributed by atoms with E-state index in [4.69, 9.17) is 10.8 Å². The van der Waals surface area contributed by atoms with Crippen LogP contribution >= 0.6 is 0 Å². The average Bonchev–Trinajstić information content (AvgIpc) is 4.07. The Balaban J connectivity index is 0.000000176. The Morgan fingerprint density at radius 1 is 0.797 bits per heavy atom. The third-order valence-electron chi connectivity index (χ3n) is 11.5. The topological polar surface area (TPSA) is 197 Å². The fourth-order valence-corrected chi connectivity index (χ4v) is 7.96. The summed E-state index contributed by atoms with van der Waals surface area (Å²) in [6, 6.07) is 21.1. The van der Waals surface area contributed by atoms with E-state index in [1.165, 1.54) is 18.5 Å². The number of likely N-dealkylation sites (N-methyl/N-ethyl adjacent to an activating group) is 1. The molecular formula is C46H48F2N12O4. The van der Waals surface area contributed by atoms with Crippen molar-refractivity contribution in [3.05, 3.63) is 119 Å². The van der Waals surface area contributed by atoms with Gasteiger partial charge in [-0.05, 0) is 73.8 Å². The number of hydrogen-bond acceptors (Lipinski definition) is 12. The molecule has 3 fully saturated rings. The van der Waals surface area contributed by atoms with E-state index in [0.29, 0.717) is 77.4 Å². The second kappa shape index (κ2) is 19.4. The molecule has 7 heterocycles. The van der Waals surface area contributed by atoms with Crippen molar-refractivity contribution in [2.75, 3.05) is 61.8 Å². The van der Waals surface area contributed by atoms with Crippen LogP contribution in [0.2, 0.25) is 0 Å². The highest BCUT2D eigenvalue weighted by atomic mass is 19.1. The quantitative estimate of drug-likeness (QED) is 0.161. The van der Waals surface area contributed by atoms with Crippen molar-refractivity contribution in [3.8, 4) is 16.9 Å². The third kappa shape index (κ3) is 9.81. The minimum Gasteiger partial charge on any atom is -0.383 e. The maximum absolute atomic E-state index is 15.1. The molecule has 5 N–H and O–H groups in total. The van der Waals surface area contributed by atoms with Crippen LogP contribution < -0.4 is 31.5 Å². The lowest BCUT2D eigenvalue weighted by Gasteiger charge is -2.34. The zero-order valence-corrected chi connectivity index (χ0v) is 35.3. The summed E-state index contributed by atoms with van der Waals surface area (Å²) in [5, 5.41) is 13.2. The monoisotopic (exact) mass is 870 g/mol. The summed E-state index contributed by atoms with van der Waals surface area (Å²) in [7, 11) is 2.07. The average molecular weight is 871 g/mol. The summed E-state index contributed by atoms with van der Waals surface area (Å²) in [5.41, 5.74) is 12.5. The van der Waals surface area contributed by atoms with Crippen LogP contribution in [-0.2, 0) is 22.7 Å². The number of carbonyl (C=O) groups is 4. The van der Waals surface area contributed by atoms with Crippen LogP contribution in [0.4, 0.5) is 26.0 Å². The van der Waals surface area contributed by atoms with Crippen LogP contribution in [-0.4, -0.2) is 99.6 Å². The number of piperazine rings is 1. The van der Waals surface area contributed by atoms with Crippen LogP contribution in [0, 0.1) is 11.6 Å². The summed E-state index contributed by atoms with van der Waals surface area (Å²) in [4.78, 5) is 63.4. The Hall–Kier alpha value is -7.34. The largest absolute Gasteiger partial charge is 0.383 e. The van der Waals surface area contributed by atoms with Crippen LogP contribution in [0.25, 0.3) is 28.0 Å². The van der Waals surface area contributed by atoms with Gasteiger partial charge in [0.1, 0.15) is 35.2 Å². The number of carbonyl (C=O) groups excluding carboxylic acids is 4. The molecule has 0 radical (unpaired) electrons. The van der Waals surface area contributed by atoms with Crippen molar-refractivity contribution in [1.82, 2.24) is 45.6 Å². The van der Waals surface area contributed by atoms with Crippen LogP contribution in [0.3, 0.4) is 0 Å². The number of imide groups is 1. The first-order valence-corrected chi connectivity index (χ1v) is 21.2. The van der Waals surface area contributed by atoms with Crippen LogP contribution in [0.1, 0.15) is 64.1 Å². The molecule has 18 heteroatoms. The Labute approximate surface area is 367 Å².